The number of hydrogen-bond acceptors (Lipinski definition) is 2. The molecule has 5 unspecified atom stereocenters. The van der Waals surface area contributed by atoms with Crippen molar-refractivity contribution < 1.29 is 0 Å². The zero-order chi connectivity index (χ0) is 11.0. The molecule has 0 aromatic rings. The summed E-state index contributed by atoms with van der Waals surface area (Å²) in [7, 11) is 0. The van der Waals surface area contributed by atoms with Gasteiger partial charge in [-0.3, -0.25) is 11.3 Å². The highest BCUT2D eigenvalue weighted by Crippen LogP contribution is 2.46. The monoisotopic (exact) mass is 210 g/mol. The molecule has 2 aliphatic rings. The summed E-state index contributed by atoms with van der Waals surface area (Å²) in [5.74, 6) is 10.1. The van der Waals surface area contributed by atoms with E-state index in [2.05, 4.69) is 26.2 Å². The van der Waals surface area contributed by atoms with Crippen molar-refractivity contribution >= 4 is 0 Å². The molecule has 2 heteroatoms. The Labute approximate surface area is 94.0 Å². The van der Waals surface area contributed by atoms with Crippen molar-refractivity contribution in [3.8, 4) is 0 Å². The summed E-state index contributed by atoms with van der Waals surface area (Å²) >= 11 is 0. The van der Waals surface area contributed by atoms with Crippen LogP contribution in [-0.4, -0.2) is 6.04 Å². The Bertz CT molecular complexity index is 207. The van der Waals surface area contributed by atoms with Gasteiger partial charge in [-0.15, -0.1) is 0 Å². The van der Waals surface area contributed by atoms with Crippen molar-refractivity contribution in [3.63, 3.8) is 0 Å². The summed E-state index contributed by atoms with van der Waals surface area (Å²) in [4.78, 5) is 0. The zero-order valence-corrected chi connectivity index (χ0v) is 10.4. The molecule has 2 aliphatic carbocycles. The lowest BCUT2D eigenvalue weighted by Crippen LogP contribution is -2.45. The molecule has 0 aliphatic heterocycles. The maximum Gasteiger partial charge on any atom is 0.0269 e. The third-order valence-electron chi connectivity index (χ3n) is 4.55. The molecule has 0 aromatic carbocycles. The smallest absolute Gasteiger partial charge is 0.0269 e. The minimum Gasteiger partial charge on any atom is -0.271 e. The van der Waals surface area contributed by atoms with Crippen molar-refractivity contribution in [2.24, 2.45) is 35.4 Å². The first-order valence-corrected chi connectivity index (χ1v) is 6.58. The molecule has 2 saturated carbocycles. The number of hydrogen-bond donors (Lipinski definition) is 2. The largest absolute Gasteiger partial charge is 0.271 e. The summed E-state index contributed by atoms with van der Waals surface area (Å²) in [5, 5.41) is 0. The first-order valence-electron chi connectivity index (χ1n) is 6.58. The van der Waals surface area contributed by atoms with Crippen molar-refractivity contribution in [3.05, 3.63) is 0 Å². The van der Waals surface area contributed by atoms with E-state index < -0.39 is 0 Å². The Hall–Kier alpha value is -0.0800. The predicted octanol–water partition coefficient (Wildman–Crippen LogP) is 2.55. The minimum atomic E-state index is 0.588. The first kappa shape index (κ1) is 11.4. The Morgan fingerprint density at radius 3 is 1.93 bits per heavy atom. The SMILES string of the molecule is CC1CC(C)CC(C(NN)C2CC2C)C1. The molecule has 3 N–H and O–H groups in total. The van der Waals surface area contributed by atoms with E-state index >= 15 is 0 Å². The summed E-state index contributed by atoms with van der Waals surface area (Å²) in [5.41, 5.74) is 3.11. The molecule has 0 saturated heterocycles. The van der Waals surface area contributed by atoms with Gasteiger partial charge in [0, 0.05) is 6.04 Å². The van der Waals surface area contributed by atoms with E-state index in [4.69, 9.17) is 5.84 Å². The topological polar surface area (TPSA) is 38.0 Å². The van der Waals surface area contributed by atoms with Gasteiger partial charge in [0.2, 0.25) is 0 Å². The van der Waals surface area contributed by atoms with Crippen molar-refractivity contribution in [1.82, 2.24) is 5.43 Å². The van der Waals surface area contributed by atoms with Crippen LogP contribution in [0.3, 0.4) is 0 Å². The average molecular weight is 210 g/mol. The van der Waals surface area contributed by atoms with Crippen LogP contribution in [-0.2, 0) is 0 Å². The van der Waals surface area contributed by atoms with E-state index in [0.29, 0.717) is 6.04 Å². The van der Waals surface area contributed by atoms with E-state index in [9.17, 15) is 0 Å². The summed E-state index contributed by atoms with van der Waals surface area (Å²) in [6, 6.07) is 0.588. The van der Waals surface area contributed by atoms with E-state index in [1.165, 1.54) is 25.7 Å². The Morgan fingerprint density at radius 1 is 1.00 bits per heavy atom. The lowest BCUT2D eigenvalue weighted by Gasteiger charge is -2.36. The van der Waals surface area contributed by atoms with Crippen molar-refractivity contribution in [1.29, 1.82) is 0 Å². The van der Waals surface area contributed by atoms with Gasteiger partial charge in [-0.25, -0.2) is 0 Å². The van der Waals surface area contributed by atoms with Crippen LogP contribution in [0.4, 0.5) is 0 Å². The van der Waals surface area contributed by atoms with Gasteiger partial charge in [0.25, 0.3) is 0 Å². The van der Waals surface area contributed by atoms with Gasteiger partial charge in [-0.1, -0.05) is 20.8 Å². The fourth-order valence-electron chi connectivity index (χ4n) is 3.76. The van der Waals surface area contributed by atoms with Crippen LogP contribution < -0.4 is 11.3 Å². The minimum absolute atomic E-state index is 0.588. The van der Waals surface area contributed by atoms with E-state index in [1.54, 1.807) is 0 Å². The standard InChI is InChI=1S/C13H26N2/c1-8-4-9(2)6-11(5-8)13(15-14)12-7-10(12)3/h8-13,15H,4-7,14H2,1-3H3. The van der Waals surface area contributed by atoms with Gasteiger partial charge in [0.15, 0.2) is 0 Å². The quantitative estimate of drug-likeness (QED) is 0.555. The normalized spacial score (nSPS) is 47.6. The molecule has 88 valence electrons. The Kier molecular flexibility index (Phi) is 3.36. The van der Waals surface area contributed by atoms with Crippen molar-refractivity contribution in [2.75, 3.05) is 0 Å². The van der Waals surface area contributed by atoms with E-state index in [0.717, 1.165) is 29.6 Å². The highest BCUT2D eigenvalue weighted by molar-refractivity contribution is 4.96. The average Bonchev–Trinajstić information content (AvgIpc) is 2.82. The molecule has 2 fully saturated rings. The Morgan fingerprint density at radius 2 is 1.53 bits per heavy atom. The fraction of sp³-hybridized carbons (Fsp3) is 1.00. The molecule has 2 rings (SSSR count). The predicted molar refractivity (Wildman–Crippen MR) is 64.1 cm³/mol. The molecule has 0 spiro atoms. The number of nitrogens with one attached hydrogen (secondary N) is 1. The van der Waals surface area contributed by atoms with Crippen LogP contribution in [0, 0.1) is 29.6 Å². The third kappa shape index (κ3) is 2.54. The van der Waals surface area contributed by atoms with Crippen LogP contribution in [0.2, 0.25) is 0 Å². The lowest BCUT2D eigenvalue weighted by atomic mass is 9.73. The highest BCUT2D eigenvalue weighted by Gasteiger charge is 2.43. The van der Waals surface area contributed by atoms with Gasteiger partial charge in [-0.05, 0) is 55.3 Å². The van der Waals surface area contributed by atoms with E-state index in [-0.39, 0.29) is 0 Å². The van der Waals surface area contributed by atoms with Crippen molar-refractivity contribution in [2.45, 2.75) is 52.5 Å². The molecular weight excluding hydrogens is 184 g/mol. The van der Waals surface area contributed by atoms with Crippen LogP contribution in [0.25, 0.3) is 0 Å². The molecule has 15 heavy (non-hydrogen) atoms. The zero-order valence-electron chi connectivity index (χ0n) is 10.4. The van der Waals surface area contributed by atoms with Gasteiger partial charge in [0.05, 0.1) is 0 Å². The van der Waals surface area contributed by atoms with Gasteiger partial charge >= 0.3 is 0 Å². The molecule has 0 bridgehead atoms. The van der Waals surface area contributed by atoms with Gasteiger partial charge in [-0.2, -0.15) is 0 Å². The Balaban J connectivity index is 1.95. The molecule has 5 atom stereocenters. The summed E-state index contributed by atoms with van der Waals surface area (Å²) in [6.45, 7) is 7.14. The molecule has 0 heterocycles. The maximum absolute atomic E-state index is 5.75. The number of hydrazine groups is 1. The second-order valence-electron chi connectivity index (χ2n) is 6.25. The van der Waals surface area contributed by atoms with Crippen LogP contribution in [0.1, 0.15) is 46.5 Å². The molecule has 0 radical (unpaired) electrons. The maximum atomic E-state index is 5.75. The number of rotatable bonds is 3. The van der Waals surface area contributed by atoms with Crippen LogP contribution >= 0.6 is 0 Å². The fourth-order valence-corrected chi connectivity index (χ4v) is 3.76. The molecule has 0 aromatic heterocycles. The van der Waals surface area contributed by atoms with E-state index in [1.807, 2.05) is 0 Å². The van der Waals surface area contributed by atoms with Gasteiger partial charge in [0.1, 0.15) is 0 Å². The lowest BCUT2D eigenvalue weighted by molar-refractivity contribution is 0.163. The number of nitrogens with two attached hydrogens (primary N) is 1. The summed E-state index contributed by atoms with van der Waals surface area (Å²) in [6.07, 6.45) is 5.55. The molecule has 2 nitrogen and oxygen atoms in total. The molecular formula is C13H26N2. The summed E-state index contributed by atoms with van der Waals surface area (Å²) < 4.78 is 0. The first-order chi connectivity index (χ1) is 7.11. The van der Waals surface area contributed by atoms with Gasteiger partial charge < -0.3 is 0 Å². The highest BCUT2D eigenvalue weighted by atomic mass is 15.2. The third-order valence-corrected chi connectivity index (χ3v) is 4.55. The van der Waals surface area contributed by atoms with Crippen LogP contribution in [0.5, 0.6) is 0 Å². The van der Waals surface area contributed by atoms with Crippen LogP contribution in [0.15, 0.2) is 0 Å². The second kappa shape index (κ2) is 4.42. The molecule has 0 amide bonds. The second-order valence-corrected chi connectivity index (χ2v) is 6.25.